The van der Waals surface area contributed by atoms with Crippen LogP contribution in [0.1, 0.15) is 40.0 Å². The summed E-state index contributed by atoms with van der Waals surface area (Å²) in [5.74, 6) is -3.06. The van der Waals surface area contributed by atoms with Gasteiger partial charge in [-0.05, 0) is 40.0 Å². The maximum absolute atomic E-state index is 12.9. The zero-order valence-electron chi connectivity index (χ0n) is 15.8. The maximum atomic E-state index is 12.9. The summed E-state index contributed by atoms with van der Waals surface area (Å²) in [6.45, 7) is 5.97. The summed E-state index contributed by atoms with van der Waals surface area (Å²) in [6.07, 6.45) is -3.06. The van der Waals surface area contributed by atoms with Gasteiger partial charge in [-0.15, -0.1) is 0 Å². The van der Waals surface area contributed by atoms with Crippen LogP contribution in [0.15, 0.2) is 0 Å². The van der Waals surface area contributed by atoms with E-state index in [0.29, 0.717) is 19.3 Å². The molecule has 0 saturated carbocycles. The van der Waals surface area contributed by atoms with Crippen molar-refractivity contribution in [3.63, 3.8) is 0 Å². The van der Waals surface area contributed by atoms with Gasteiger partial charge in [-0.1, -0.05) is 0 Å². The fourth-order valence-electron chi connectivity index (χ4n) is 1.93. The Hall–Kier alpha value is -2.59. The quantitative estimate of drug-likeness (QED) is 0.305. The minimum absolute atomic E-state index is 0.0647. The first kappa shape index (κ1) is 24.4. The summed E-state index contributed by atoms with van der Waals surface area (Å²) in [5, 5.41) is 21.3. The van der Waals surface area contributed by atoms with Crippen LogP contribution in [0.25, 0.3) is 0 Å². The van der Waals surface area contributed by atoms with Crippen LogP contribution >= 0.6 is 0 Å². The number of carbonyl (C=O) groups is 4. The summed E-state index contributed by atoms with van der Waals surface area (Å²) in [4.78, 5) is 45.6. The van der Waals surface area contributed by atoms with E-state index in [1.54, 1.807) is 20.8 Å². The van der Waals surface area contributed by atoms with Crippen LogP contribution in [0.3, 0.4) is 0 Å². The Labute approximate surface area is 157 Å². The number of nitrogens with zero attached hydrogens (tertiary/aromatic N) is 1. The highest BCUT2D eigenvalue weighted by Crippen LogP contribution is 2.11. The predicted octanol–water partition coefficient (Wildman–Crippen LogP) is 1.20. The molecule has 0 aromatic carbocycles. The van der Waals surface area contributed by atoms with Gasteiger partial charge in [-0.25, -0.2) is 18.8 Å². The molecule has 1 unspecified atom stereocenters. The molecule has 0 aliphatic heterocycles. The van der Waals surface area contributed by atoms with Crippen LogP contribution in [-0.4, -0.2) is 77.1 Å². The van der Waals surface area contributed by atoms with E-state index < -0.39 is 35.8 Å². The summed E-state index contributed by atoms with van der Waals surface area (Å²) >= 11 is 0. The molecule has 10 nitrogen and oxygen atoms in total. The van der Waals surface area contributed by atoms with E-state index in [-0.39, 0.29) is 26.2 Å². The van der Waals surface area contributed by atoms with Crippen molar-refractivity contribution in [1.82, 2.24) is 15.5 Å². The highest BCUT2D eigenvalue weighted by molar-refractivity contribution is 5.99. The topological polar surface area (TPSA) is 145 Å². The first-order chi connectivity index (χ1) is 12.4. The number of carbonyl (C=O) groups excluding carboxylic acids is 2. The third-order valence-electron chi connectivity index (χ3n) is 3.13. The fourth-order valence-corrected chi connectivity index (χ4v) is 1.93. The van der Waals surface area contributed by atoms with Crippen molar-refractivity contribution < 1.29 is 38.5 Å². The van der Waals surface area contributed by atoms with Crippen molar-refractivity contribution in [2.24, 2.45) is 0 Å². The number of hydrogen-bond acceptors (Lipinski definition) is 5. The SMILES string of the molecule is CC(C)(C)OC(=O)N(CCCCNC(=O)C(F)C(=O)O)CCCNC(=O)O. The summed E-state index contributed by atoms with van der Waals surface area (Å²) < 4.78 is 18.2. The Morgan fingerprint density at radius 3 is 2.07 bits per heavy atom. The van der Waals surface area contributed by atoms with Crippen molar-refractivity contribution in [1.29, 1.82) is 0 Å². The second-order valence-corrected chi connectivity index (χ2v) is 6.75. The molecule has 156 valence electrons. The molecule has 11 heteroatoms. The number of unbranched alkanes of at least 4 members (excludes halogenated alkanes) is 1. The molecule has 0 aromatic rings. The minimum Gasteiger partial charge on any atom is -0.479 e. The van der Waals surface area contributed by atoms with Crippen LogP contribution in [0.4, 0.5) is 14.0 Å². The van der Waals surface area contributed by atoms with Gasteiger partial charge in [0.2, 0.25) is 0 Å². The molecule has 0 heterocycles. The first-order valence-corrected chi connectivity index (χ1v) is 8.53. The molecule has 4 N–H and O–H groups in total. The van der Waals surface area contributed by atoms with Crippen molar-refractivity contribution >= 4 is 24.1 Å². The van der Waals surface area contributed by atoms with E-state index >= 15 is 0 Å². The highest BCUT2D eigenvalue weighted by atomic mass is 19.1. The number of carboxylic acid groups (broad SMARTS) is 2. The number of carboxylic acids is 1. The lowest BCUT2D eigenvalue weighted by Gasteiger charge is -2.27. The molecule has 0 aliphatic rings. The van der Waals surface area contributed by atoms with Gasteiger partial charge in [0, 0.05) is 26.2 Å². The lowest BCUT2D eigenvalue weighted by atomic mass is 10.2. The average molecular weight is 393 g/mol. The second kappa shape index (κ2) is 11.9. The molecule has 3 amide bonds. The predicted molar refractivity (Wildman–Crippen MR) is 93.2 cm³/mol. The monoisotopic (exact) mass is 393 g/mol. The van der Waals surface area contributed by atoms with Crippen LogP contribution in [0.5, 0.6) is 0 Å². The maximum Gasteiger partial charge on any atom is 0.410 e. The lowest BCUT2D eigenvalue weighted by Crippen LogP contribution is -2.40. The van der Waals surface area contributed by atoms with Crippen molar-refractivity contribution in [2.45, 2.75) is 51.8 Å². The van der Waals surface area contributed by atoms with Gasteiger partial charge in [0.15, 0.2) is 0 Å². The third kappa shape index (κ3) is 12.4. The van der Waals surface area contributed by atoms with E-state index in [9.17, 15) is 23.6 Å². The number of amides is 3. The molecule has 0 radical (unpaired) electrons. The van der Waals surface area contributed by atoms with Gasteiger partial charge in [0.25, 0.3) is 12.1 Å². The molecule has 0 bridgehead atoms. The standard InChI is InChI=1S/C16H28FN3O7/c1-16(2,3)27-15(26)20(10-6-8-19-14(24)25)9-5-4-7-18-12(21)11(17)13(22)23/h11,19H,4-10H2,1-3H3,(H,18,21)(H,22,23)(H,24,25). The Kier molecular flexibility index (Phi) is 10.8. The molecule has 0 rings (SSSR count). The minimum atomic E-state index is -2.61. The molecule has 0 aromatic heterocycles. The second-order valence-electron chi connectivity index (χ2n) is 6.75. The number of hydrogen-bond donors (Lipinski definition) is 4. The van der Waals surface area contributed by atoms with Gasteiger partial charge in [0.1, 0.15) is 5.60 Å². The smallest absolute Gasteiger partial charge is 0.410 e. The fraction of sp³-hybridized carbons (Fsp3) is 0.750. The Bertz CT molecular complexity index is 523. The number of halogens is 1. The van der Waals surface area contributed by atoms with E-state index in [1.807, 2.05) is 0 Å². The molecule has 0 fully saturated rings. The zero-order chi connectivity index (χ0) is 21.0. The number of nitrogens with one attached hydrogen (secondary N) is 2. The van der Waals surface area contributed by atoms with Gasteiger partial charge in [-0.3, -0.25) is 4.79 Å². The van der Waals surface area contributed by atoms with Gasteiger partial charge in [-0.2, -0.15) is 0 Å². The van der Waals surface area contributed by atoms with Crippen molar-refractivity contribution in [3.8, 4) is 0 Å². The van der Waals surface area contributed by atoms with Gasteiger partial charge >= 0.3 is 18.2 Å². The number of rotatable bonds is 11. The van der Waals surface area contributed by atoms with Gasteiger partial charge < -0.3 is 30.5 Å². The Balaban J connectivity index is 4.37. The largest absolute Gasteiger partial charge is 0.479 e. The van der Waals surface area contributed by atoms with Gasteiger partial charge in [0.05, 0.1) is 0 Å². The third-order valence-corrected chi connectivity index (χ3v) is 3.13. The van der Waals surface area contributed by atoms with Crippen LogP contribution in [0, 0.1) is 0 Å². The van der Waals surface area contributed by atoms with E-state index in [0.717, 1.165) is 0 Å². The number of alkyl halides is 1. The molecule has 27 heavy (non-hydrogen) atoms. The summed E-state index contributed by atoms with van der Waals surface area (Å²) in [5.41, 5.74) is -0.685. The zero-order valence-corrected chi connectivity index (χ0v) is 15.8. The van der Waals surface area contributed by atoms with Crippen LogP contribution in [0.2, 0.25) is 0 Å². The van der Waals surface area contributed by atoms with E-state index in [4.69, 9.17) is 14.9 Å². The highest BCUT2D eigenvalue weighted by Gasteiger charge is 2.25. The molecule has 0 saturated heterocycles. The molecule has 0 aliphatic carbocycles. The van der Waals surface area contributed by atoms with Crippen LogP contribution in [-0.2, 0) is 14.3 Å². The van der Waals surface area contributed by atoms with Crippen LogP contribution < -0.4 is 10.6 Å². The van der Waals surface area contributed by atoms with E-state index in [2.05, 4.69) is 10.6 Å². The summed E-state index contributed by atoms with van der Waals surface area (Å²) in [6, 6.07) is 0. The Morgan fingerprint density at radius 2 is 1.56 bits per heavy atom. The normalized spacial score (nSPS) is 12.0. The molecule has 1 atom stereocenters. The molecule has 0 spiro atoms. The number of aliphatic carboxylic acids is 1. The molecular weight excluding hydrogens is 365 g/mol. The van der Waals surface area contributed by atoms with Crippen molar-refractivity contribution in [2.75, 3.05) is 26.2 Å². The molecular formula is C16H28FN3O7. The first-order valence-electron chi connectivity index (χ1n) is 8.53. The van der Waals surface area contributed by atoms with Crippen molar-refractivity contribution in [3.05, 3.63) is 0 Å². The average Bonchev–Trinajstić information content (AvgIpc) is 2.53. The Morgan fingerprint density at radius 1 is 1.00 bits per heavy atom. The summed E-state index contributed by atoms with van der Waals surface area (Å²) in [7, 11) is 0. The number of ether oxygens (including phenoxy) is 1. The van der Waals surface area contributed by atoms with E-state index in [1.165, 1.54) is 4.90 Å². The lowest BCUT2D eigenvalue weighted by molar-refractivity contribution is -0.148.